The van der Waals surface area contributed by atoms with E-state index in [1.54, 1.807) is 0 Å². The number of likely N-dealkylation sites (tertiary alicyclic amines) is 1. The molecule has 3 nitrogen and oxygen atoms in total. The number of carbonyl (C=O) groups excluding carboxylic acids is 1. The molecule has 0 spiro atoms. The maximum absolute atomic E-state index is 11.9. The molecule has 2 aliphatic rings. The second-order valence-electron chi connectivity index (χ2n) is 5.54. The van der Waals surface area contributed by atoms with Gasteiger partial charge in [0.2, 0.25) is 5.91 Å². The van der Waals surface area contributed by atoms with Crippen LogP contribution in [0.3, 0.4) is 0 Å². The molecule has 0 aromatic heterocycles. The largest absolute Gasteiger partial charge is 0.341 e. The summed E-state index contributed by atoms with van der Waals surface area (Å²) in [5.74, 6) is 0.657. The van der Waals surface area contributed by atoms with Crippen LogP contribution in [0, 0.1) is 11.3 Å². The van der Waals surface area contributed by atoms with E-state index in [2.05, 4.69) is 13.8 Å². The van der Waals surface area contributed by atoms with Crippen molar-refractivity contribution in [1.29, 1.82) is 0 Å². The Morgan fingerprint density at radius 3 is 2.31 bits per heavy atom. The average molecular weight is 226 g/mol. The normalized spacial score (nSPS) is 24.7. The lowest BCUT2D eigenvalue weighted by Gasteiger charge is -2.22. The molecule has 94 valence electrons. The van der Waals surface area contributed by atoms with Gasteiger partial charge in [-0.3, -0.25) is 4.79 Å². The summed E-state index contributed by atoms with van der Waals surface area (Å²) in [4.78, 5) is 13.9. The van der Waals surface area contributed by atoms with Crippen molar-refractivity contribution in [1.82, 2.24) is 4.90 Å². The molecule has 0 aromatic rings. The van der Waals surface area contributed by atoms with E-state index < -0.39 is 0 Å². The first kappa shape index (κ1) is 13.5. The van der Waals surface area contributed by atoms with Gasteiger partial charge in [0.15, 0.2) is 0 Å². The molecule has 1 heterocycles. The summed E-state index contributed by atoms with van der Waals surface area (Å²) in [5, 5.41) is 0. The number of rotatable bonds is 2. The van der Waals surface area contributed by atoms with Crippen molar-refractivity contribution in [3.63, 3.8) is 0 Å². The van der Waals surface area contributed by atoms with Crippen LogP contribution in [0.1, 0.15) is 47.0 Å². The summed E-state index contributed by atoms with van der Waals surface area (Å²) >= 11 is 0. The maximum Gasteiger partial charge on any atom is 0.239 e. The summed E-state index contributed by atoms with van der Waals surface area (Å²) in [5.41, 5.74) is 6.19. The van der Waals surface area contributed by atoms with Gasteiger partial charge in [0.1, 0.15) is 0 Å². The third-order valence-corrected chi connectivity index (χ3v) is 3.40. The van der Waals surface area contributed by atoms with Gasteiger partial charge in [-0.05, 0) is 30.6 Å². The number of amides is 1. The van der Waals surface area contributed by atoms with Crippen LogP contribution in [0.2, 0.25) is 0 Å². The van der Waals surface area contributed by atoms with Gasteiger partial charge in [-0.15, -0.1) is 0 Å². The highest BCUT2D eigenvalue weighted by Gasteiger charge is 2.39. The monoisotopic (exact) mass is 226 g/mol. The standard InChI is InChI=1S/C11H20N2O.C2H6/c1-11(2)5-6-13(7-11)10(14)9(12)8-3-4-8;1-2/h8-9H,3-7,12H2,1-2H3;1-2H3/t9-;/m1./s1. The lowest BCUT2D eigenvalue weighted by atomic mass is 9.93. The van der Waals surface area contributed by atoms with Crippen molar-refractivity contribution in [3.05, 3.63) is 0 Å². The van der Waals surface area contributed by atoms with Crippen LogP contribution in [0.4, 0.5) is 0 Å². The second-order valence-corrected chi connectivity index (χ2v) is 5.54. The van der Waals surface area contributed by atoms with Crippen LogP contribution < -0.4 is 5.73 Å². The Bertz CT molecular complexity index is 246. The zero-order valence-corrected chi connectivity index (χ0v) is 11.1. The third-order valence-electron chi connectivity index (χ3n) is 3.40. The number of hydrogen-bond donors (Lipinski definition) is 1. The molecule has 1 aliphatic carbocycles. The Kier molecular flexibility index (Phi) is 4.36. The Balaban J connectivity index is 0.000000606. The lowest BCUT2D eigenvalue weighted by molar-refractivity contribution is -0.132. The van der Waals surface area contributed by atoms with Crippen molar-refractivity contribution in [2.45, 2.75) is 53.0 Å². The van der Waals surface area contributed by atoms with E-state index in [0.29, 0.717) is 11.3 Å². The fourth-order valence-electron chi connectivity index (χ4n) is 2.17. The Labute approximate surface area is 99.4 Å². The van der Waals surface area contributed by atoms with Gasteiger partial charge in [0.25, 0.3) is 0 Å². The van der Waals surface area contributed by atoms with E-state index in [4.69, 9.17) is 5.73 Å². The van der Waals surface area contributed by atoms with Gasteiger partial charge in [0, 0.05) is 13.1 Å². The summed E-state index contributed by atoms with van der Waals surface area (Å²) in [7, 11) is 0. The molecule has 2 N–H and O–H groups in total. The van der Waals surface area contributed by atoms with Gasteiger partial charge in [0.05, 0.1) is 6.04 Å². The SMILES string of the molecule is CC.CC1(C)CCN(C(=O)[C@H](N)C2CC2)C1. The fraction of sp³-hybridized carbons (Fsp3) is 0.923. The molecule has 0 aromatic carbocycles. The van der Waals surface area contributed by atoms with E-state index in [-0.39, 0.29) is 11.9 Å². The van der Waals surface area contributed by atoms with Crippen LogP contribution in [0.5, 0.6) is 0 Å². The van der Waals surface area contributed by atoms with E-state index in [1.165, 1.54) is 0 Å². The van der Waals surface area contributed by atoms with Gasteiger partial charge in [-0.1, -0.05) is 27.7 Å². The summed E-state index contributed by atoms with van der Waals surface area (Å²) in [6.07, 6.45) is 3.39. The quantitative estimate of drug-likeness (QED) is 0.783. The molecule has 1 saturated carbocycles. The summed E-state index contributed by atoms with van der Waals surface area (Å²) < 4.78 is 0. The first-order chi connectivity index (χ1) is 7.49. The highest BCUT2D eigenvalue weighted by molar-refractivity contribution is 5.82. The highest BCUT2D eigenvalue weighted by atomic mass is 16.2. The fourth-order valence-corrected chi connectivity index (χ4v) is 2.17. The van der Waals surface area contributed by atoms with E-state index in [0.717, 1.165) is 32.4 Å². The molecule has 0 bridgehead atoms. The minimum Gasteiger partial charge on any atom is -0.341 e. The summed E-state index contributed by atoms with van der Waals surface area (Å²) in [6.45, 7) is 10.2. The molecule has 3 heteroatoms. The van der Waals surface area contributed by atoms with Crippen molar-refractivity contribution in [2.75, 3.05) is 13.1 Å². The first-order valence-corrected chi connectivity index (χ1v) is 6.54. The molecule has 1 atom stereocenters. The number of nitrogens with zero attached hydrogens (tertiary/aromatic N) is 1. The van der Waals surface area contributed by atoms with Gasteiger partial charge >= 0.3 is 0 Å². The van der Waals surface area contributed by atoms with E-state index in [9.17, 15) is 4.79 Å². The maximum atomic E-state index is 11.9. The van der Waals surface area contributed by atoms with Crippen LogP contribution in [-0.2, 0) is 4.79 Å². The predicted molar refractivity (Wildman–Crippen MR) is 67.0 cm³/mol. The molecule has 0 radical (unpaired) electrons. The topological polar surface area (TPSA) is 46.3 Å². The first-order valence-electron chi connectivity index (χ1n) is 6.54. The molecular formula is C13H26N2O. The number of hydrogen-bond acceptors (Lipinski definition) is 2. The van der Waals surface area contributed by atoms with Crippen molar-refractivity contribution < 1.29 is 4.79 Å². The van der Waals surface area contributed by atoms with E-state index in [1.807, 2.05) is 18.7 Å². The Morgan fingerprint density at radius 1 is 1.38 bits per heavy atom. The lowest BCUT2D eigenvalue weighted by Crippen LogP contribution is -2.44. The zero-order valence-electron chi connectivity index (χ0n) is 11.1. The molecule has 1 aliphatic heterocycles. The van der Waals surface area contributed by atoms with Crippen molar-refractivity contribution >= 4 is 5.91 Å². The van der Waals surface area contributed by atoms with Crippen LogP contribution in [0.15, 0.2) is 0 Å². The van der Waals surface area contributed by atoms with Crippen LogP contribution in [0.25, 0.3) is 0 Å². The molecular weight excluding hydrogens is 200 g/mol. The third kappa shape index (κ3) is 3.21. The van der Waals surface area contributed by atoms with Crippen molar-refractivity contribution in [3.8, 4) is 0 Å². The average Bonchev–Trinajstić information content (AvgIpc) is 3.04. The Hall–Kier alpha value is -0.570. The van der Waals surface area contributed by atoms with E-state index >= 15 is 0 Å². The molecule has 0 unspecified atom stereocenters. The Morgan fingerprint density at radius 2 is 1.94 bits per heavy atom. The van der Waals surface area contributed by atoms with Gasteiger partial charge in [-0.2, -0.15) is 0 Å². The minimum absolute atomic E-state index is 0.179. The molecule has 16 heavy (non-hydrogen) atoms. The van der Waals surface area contributed by atoms with Gasteiger partial charge in [-0.25, -0.2) is 0 Å². The molecule has 2 rings (SSSR count). The van der Waals surface area contributed by atoms with Crippen molar-refractivity contribution in [2.24, 2.45) is 17.1 Å². The molecule has 1 amide bonds. The predicted octanol–water partition coefficient (Wildman–Crippen LogP) is 2.01. The van der Waals surface area contributed by atoms with Gasteiger partial charge < -0.3 is 10.6 Å². The van der Waals surface area contributed by atoms with Crippen LogP contribution in [-0.4, -0.2) is 29.9 Å². The number of carbonyl (C=O) groups is 1. The van der Waals surface area contributed by atoms with Crippen LogP contribution >= 0.6 is 0 Å². The molecule has 2 fully saturated rings. The zero-order chi connectivity index (χ0) is 12.3. The molecule has 1 saturated heterocycles. The highest BCUT2D eigenvalue weighted by Crippen LogP contribution is 2.34. The minimum atomic E-state index is -0.219. The second kappa shape index (κ2) is 5.17. The number of nitrogens with two attached hydrogens (primary N) is 1. The smallest absolute Gasteiger partial charge is 0.239 e. The summed E-state index contributed by atoms with van der Waals surface area (Å²) in [6, 6.07) is -0.219.